The third-order valence-electron chi connectivity index (χ3n) is 5.45. The molecular weight excluding hydrogens is 430 g/mol. The van der Waals surface area contributed by atoms with Crippen LogP contribution in [0.1, 0.15) is 51.0 Å². The van der Waals surface area contributed by atoms with Crippen LogP contribution in [0, 0.1) is 11.8 Å². The first kappa shape index (κ1) is 24.0. The van der Waals surface area contributed by atoms with Crippen molar-refractivity contribution in [3.63, 3.8) is 0 Å². The standard InChI is InChI=1S/C23H31N3O5S/c1-14(2)10-17-13-26(20(11-15(3)4)22(27)24-17)23(28)19-12-21(31-25-19)16-6-8-18(9-7-16)32(5,29)30/h6-9,12,14-15,17,20H,10-11,13H2,1-5H3,(H,24,27). The molecule has 2 aromatic rings. The molecular formula is C23H31N3O5S. The van der Waals surface area contributed by atoms with Crippen LogP contribution in [0.2, 0.25) is 0 Å². The number of carbonyl (C=O) groups is 2. The third-order valence-corrected chi connectivity index (χ3v) is 6.58. The van der Waals surface area contributed by atoms with E-state index in [0.29, 0.717) is 30.2 Å². The summed E-state index contributed by atoms with van der Waals surface area (Å²) < 4.78 is 28.7. The smallest absolute Gasteiger partial charge is 0.276 e. The minimum atomic E-state index is -3.30. The monoisotopic (exact) mass is 461 g/mol. The lowest BCUT2D eigenvalue weighted by Crippen LogP contribution is -2.62. The number of nitrogens with one attached hydrogen (secondary N) is 1. The normalized spacial score (nSPS) is 19.5. The Bertz CT molecular complexity index is 1070. The zero-order valence-corrected chi connectivity index (χ0v) is 20.0. The summed E-state index contributed by atoms with van der Waals surface area (Å²) in [6.45, 7) is 8.62. The Balaban J connectivity index is 1.85. The SMILES string of the molecule is CC(C)CC1CN(C(=O)c2cc(-c3ccc(S(C)(=O)=O)cc3)on2)C(CC(C)C)C(=O)N1. The van der Waals surface area contributed by atoms with E-state index in [1.54, 1.807) is 17.0 Å². The molecule has 0 saturated carbocycles. The Morgan fingerprint density at radius 1 is 1.16 bits per heavy atom. The van der Waals surface area contributed by atoms with E-state index in [-0.39, 0.29) is 34.4 Å². The predicted molar refractivity (Wildman–Crippen MR) is 121 cm³/mol. The Morgan fingerprint density at radius 3 is 2.34 bits per heavy atom. The molecule has 1 fully saturated rings. The fourth-order valence-electron chi connectivity index (χ4n) is 3.98. The second-order valence-corrected chi connectivity index (χ2v) is 11.3. The van der Waals surface area contributed by atoms with E-state index >= 15 is 0 Å². The minimum absolute atomic E-state index is 0.107. The van der Waals surface area contributed by atoms with Crippen molar-refractivity contribution in [1.29, 1.82) is 0 Å². The van der Waals surface area contributed by atoms with Gasteiger partial charge in [0.25, 0.3) is 5.91 Å². The summed E-state index contributed by atoms with van der Waals surface area (Å²) in [4.78, 5) is 28.0. The zero-order valence-electron chi connectivity index (χ0n) is 19.2. The molecule has 1 aliphatic heterocycles. The molecule has 3 rings (SSSR count). The number of hydrogen-bond donors (Lipinski definition) is 1. The molecule has 1 aromatic carbocycles. The van der Waals surface area contributed by atoms with E-state index in [0.717, 1.165) is 12.7 Å². The first-order valence-electron chi connectivity index (χ1n) is 10.8. The molecule has 32 heavy (non-hydrogen) atoms. The fraction of sp³-hybridized carbons (Fsp3) is 0.522. The number of hydrogen-bond acceptors (Lipinski definition) is 6. The Kier molecular flexibility index (Phi) is 7.07. The van der Waals surface area contributed by atoms with Crippen molar-refractivity contribution in [3.8, 4) is 11.3 Å². The van der Waals surface area contributed by atoms with Crippen molar-refractivity contribution in [2.45, 2.75) is 57.5 Å². The fourth-order valence-corrected chi connectivity index (χ4v) is 4.61. The first-order chi connectivity index (χ1) is 15.0. The molecule has 1 aromatic heterocycles. The van der Waals surface area contributed by atoms with Gasteiger partial charge < -0.3 is 14.7 Å². The topological polar surface area (TPSA) is 110 Å². The van der Waals surface area contributed by atoms with E-state index in [1.165, 1.54) is 18.2 Å². The highest BCUT2D eigenvalue weighted by molar-refractivity contribution is 7.90. The van der Waals surface area contributed by atoms with E-state index in [2.05, 4.69) is 24.3 Å². The van der Waals surface area contributed by atoms with Crippen LogP contribution in [0.15, 0.2) is 39.8 Å². The lowest BCUT2D eigenvalue weighted by molar-refractivity contribution is -0.130. The molecule has 2 heterocycles. The number of sulfone groups is 1. The molecule has 0 aliphatic carbocycles. The lowest BCUT2D eigenvalue weighted by Gasteiger charge is -2.40. The van der Waals surface area contributed by atoms with Crippen molar-refractivity contribution >= 4 is 21.7 Å². The number of piperazine rings is 1. The van der Waals surface area contributed by atoms with Crippen LogP contribution in [0.5, 0.6) is 0 Å². The summed E-state index contributed by atoms with van der Waals surface area (Å²) in [5.41, 5.74) is 0.732. The summed E-state index contributed by atoms with van der Waals surface area (Å²) in [7, 11) is -3.30. The molecule has 0 radical (unpaired) electrons. The number of benzene rings is 1. The van der Waals surface area contributed by atoms with Gasteiger partial charge in [-0.05, 0) is 48.9 Å². The molecule has 174 valence electrons. The van der Waals surface area contributed by atoms with Crippen LogP contribution in [-0.2, 0) is 14.6 Å². The van der Waals surface area contributed by atoms with E-state index in [1.807, 2.05) is 13.8 Å². The summed E-state index contributed by atoms with van der Waals surface area (Å²) in [5.74, 6) is 0.497. The van der Waals surface area contributed by atoms with Gasteiger partial charge in [-0.15, -0.1) is 0 Å². The predicted octanol–water partition coefficient (Wildman–Crippen LogP) is 3.15. The molecule has 0 bridgehead atoms. The van der Waals surface area contributed by atoms with Gasteiger partial charge in [0.05, 0.1) is 4.90 Å². The third kappa shape index (κ3) is 5.56. The number of carbonyl (C=O) groups excluding carboxylic acids is 2. The largest absolute Gasteiger partial charge is 0.355 e. The van der Waals surface area contributed by atoms with Gasteiger partial charge >= 0.3 is 0 Å². The molecule has 2 amide bonds. The molecule has 1 N–H and O–H groups in total. The number of amides is 2. The zero-order chi connectivity index (χ0) is 23.6. The average Bonchev–Trinajstić information content (AvgIpc) is 3.18. The lowest BCUT2D eigenvalue weighted by atomic mass is 9.94. The van der Waals surface area contributed by atoms with Gasteiger partial charge in [-0.25, -0.2) is 8.42 Å². The number of nitrogens with zero attached hydrogens (tertiary/aromatic N) is 2. The summed E-state index contributed by atoms with van der Waals surface area (Å²) in [6.07, 6.45) is 2.48. The Labute approximate surface area is 189 Å². The Hall–Kier alpha value is -2.68. The second-order valence-electron chi connectivity index (χ2n) is 9.31. The maximum atomic E-state index is 13.3. The molecule has 2 atom stereocenters. The van der Waals surface area contributed by atoms with Crippen LogP contribution in [0.25, 0.3) is 11.3 Å². The highest BCUT2D eigenvalue weighted by atomic mass is 32.2. The molecule has 0 spiro atoms. The van der Waals surface area contributed by atoms with Crippen molar-refractivity contribution in [3.05, 3.63) is 36.0 Å². The van der Waals surface area contributed by atoms with Gasteiger partial charge in [0.15, 0.2) is 21.3 Å². The summed E-state index contributed by atoms with van der Waals surface area (Å²) >= 11 is 0. The van der Waals surface area contributed by atoms with Crippen molar-refractivity contribution < 1.29 is 22.5 Å². The van der Waals surface area contributed by atoms with Gasteiger partial charge in [-0.1, -0.05) is 32.9 Å². The molecule has 2 unspecified atom stereocenters. The first-order valence-corrected chi connectivity index (χ1v) is 12.7. The summed E-state index contributed by atoms with van der Waals surface area (Å²) in [6, 6.07) is 7.07. The van der Waals surface area contributed by atoms with Gasteiger partial charge in [-0.2, -0.15) is 0 Å². The molecule has 8 nitrogen and oxygen atoms in total. The van der Waals surface area contributed by atoms with Crippen LogP contribution >= 0.6 is 0 Å². The van der Waals surface area contributed by atoms with Crippen LogP contribution < -0.4 is 5.32 Å². The maximum Gasteiger partial charge on any atom is 0.276 e. The van der Waals surface area contributed by atoms with E-state index < -0.39 is 15.9 Å². The Morgan fingerprint density at radius 2 is 1.78 bits per heavy atom. The second kappa shape index (κ2) is 9.44. The highest BCUT2D eigenvalue weighted by Crippen LogP contribution is 2.25. The number of rotatable bonds is 7. The van der Waals surface area contributed by atoms with Gasteiger partial charge in [0.1, 0.15) is 6.04 Å². The average molecular weight is 462 g/mol. The maximum absolute atomic E-state index is 13.3. The van der Waals surface area contributed by atoms with E-state index in [9.17, 15) is 18.0 Å². The minimum Gasteiger partial charge on any atom is -0.355 e. The van der Waals surface area contributed by atoms with Crippen molar-refractivity contribution in [2.24, 2.45) is 11.8 Å². The van der Waals surface area contributed by atoms with Crippen molar-refractivity contribution in [2.75, 3.05) is 12.8 Å². The van der Waals surface area contributed by atoms with E-state index in [4.69, 9.17) is 4.52 Å². The van der Waals surface area contributed by atoms with Gasteiger partial charge in [-0.3, -0.25) is 9.59 Å². The quantitative estimate of drug-likeness (QED) is 0.678. The molecule has 9 heteroatoms. The van der Waals surface area contributed by atoms with Crippen LogP contribution in [-0.4, -0.2) is 55.2 Å². The van der Waals surface area contributed by atoms with Crippen LogP contribution in [0.4, 0.5) is 0 Å². The van der Waals surface area contributed by atoms with Crippen LogP contribution in [0.3, 0.4) is 0 Å². The number of aromatic nitrogens is 1. The molecule has 1 saturated heterocycles. The molecule has 1 aliphatic rings. The van der Waals surface area contributed by atoms with Crippen molar-refractivity contribution in [1.82, 2.24) is 15.4 Å². The van der Waals surface area contributed by atoms with Gasteiger partial charge in [0, 0.05) is 30.5 Å². The summed E-state index contributed by atoms with van der Waals surface area (Å²) in [5, 5.41) is 7.01. The van der Waals surface area contributed by atoms with Gasteiger partial charge in [0.2, 0.25) is 5.91 Å². The highest BCUT2D eigenvalue weighted by Gasteiger charge is 2.39.